The lowest BCUT2D eigenvalue weighted by molar-refractivity contribution is 0.0696. The Hall–Kier alpha value is -2.69. The van der Waals surface area contributed by atoms with E-state index in [1.807, 2.05) is 12.1 Å². The van der Waals surface area contributed by atoms with Gasteiger partial charge in [0.1, 0.15) is 5.75 Å². The maximum absolute atomic E-state index is 11.1. The number of hydrogen-bond acceptors (Lipinski definition) is 4. The number of aromatic carboxylic acids is 1. The lowest BCUT2D eigenvalue weighted by Gasteiger charge is -2.08. The normalized spacial score (nSPS) is 12.2. The van der Waals surface area contributed by atoms with E-state index in [1.54, 1.807) is 18.2 Å². The Morgan fingerprint density at radius 2 is 1.90 bits per heavy atom. The van der Waals surface area contributed by atoms with Gasteiger partial charge in [0.05, 0.1) is 12.7 Å². The number of methoxy groups -OCH3 is 1. The molecular formula is C15H12O5. The van der Waals surface area contributed by atoms with Crippen LogP contribution in [0.2, 0.25) is 0 Å². The molecular weight excluding hydrogens is 260 g/mol. The molecule has 20 heavy (non-hydrogen) atoms. The van der Waals surface area contributed by atoms with Crippen LogP contribution in [-0.2, 0) is 0 Å². The maximum Gasteiger partial charge on any atom is 0.335 e. The molecule has 0 spiro atoms. The molecule has 0 amide bonds. The summed E-state index contributed by atoms with van der Waals surface area (Å²) in [7, 11) is 1.50. The van der Waals surface area contributed by atoms with Crippen molar-refractivity contribution in [3.8, 4) is 28.4 Å². The van der Waals surface area contributed by atoms with E-state index < -0.39 is 5.97 Å². The molecule has 102 valence electrons. The van der Waals surface area contributed by atoms with Crippen molar-refractivity contribution in [2.75, 3.05) is 13.9 Å². The number of ether oxygens (including phenoxy) is 3. The standard InChI is InChI=1S/C15H12O5/c1-18-12-5-10(4-11(6-12)15(16)17)9-2-3-13-14(7-9)20-8-19-13/h2-7H,8H2,1H3,(H,16,17). The molecule has 0 saturated carbocycles. The molecule has 5 nitrogen and oxygen atoms in total. The Bertz CT molecular complexity index is 678. The minimum atomic E-state index is -0.995. The topological polar surface area (TPSA) is 65.0 Å². The summed E-state index contributed by atoms with van der Waals surface area (Å²) < 4.78 is 15.7. The van der Waals surface area contributed by atoms with Crippen LogP contribution in [0.15, 0.2) is 36.4 Å². The van der Waals surface area contributed by atoms with Gasteiger partial charge >= 0.3 is 5.97 Å². The van der Waals surface area contributed by atoms with Crippen molar-refractivity contribution in [1.82, 2.24) is 0 Å². The lowest BCUT2D eigenvalue weighted by atomic mass is 10.0. The Kier molecular flexibility index (Phi) is 2.95. The minimum absolute atomic E-state index is 0.178. The van der Waals surface area contributed by atoms with E-state index >= 15 is 0 Å². The molecule has 2 aromatic rings. The third-order valence-electron chi connectivity index (χ3n) is 3.10. The second kappa shape index (κ2) is 4.77. The highest BCUT2D eigenvalue weighted by molar-refractivity contribution is 5.90. The molecule has 0 aliphatic carbocycles. The van der Waals surface area contributed by atoms with Gasteiger partial charge in [-0.1, -0.05) is 6.07 Å². The lowest BCUT2D eigenvalue weighted by Crippen LogP contribution is -1.97. The van der Waals surface area contributed by atoms with E-state index in [0.29, 0.717) is 17.2 Å². The number of rotatable bonds is 3. The molecule has 2 aromatic carbocycles. The highest BCUT2D eigenvalue weighted by Gasteiger charge is 2.15. The number of fused-ring (bicyclic) bond motifs is 1. The second-order valence-electron chi connectivity index (χ2n) is 4.32. The minimum Gasteiger partial charge on any atom is -0.497 e. The van der Waals surface area contributed by atoms with E-state index in [4.69, 9.17) is 19.3 Å². The molecule has 1 heterocycles. The van der Waals surface area contributed by atoms with E-state index in [9.17, 15) is 4.79 Å². The summed E-state index contributed by atoms with van der Waals surface area (Å²) in [5.41, 5.74) is 1.77. The summed E-state index contributed by atoms with van der Waals surface area (Å²) in [6.07, 6.45) is 0. The highest BCUT2D eigenvalue weighted by Crippen LogP contribution is 2.36. The van der Waals surface area contributed by atoms with Gasteiger partial charge in [-0.15, -0.1) is 0 Å². The summed E-state index contributed by atoms with van der Waals surface area (Å²) in [5, 5.41) is 9.13. The van der Waals surface area contributed by atoms with E-state index in [2.05, 4.69) is 0 Å². The first kappa shape index (κ1) is 12.3. The van der Waals surface area contributed by atoms with Crippen molar-refractivity contribution < 1.29 is 24.1 Å². The summed E-state index contributed by atoms with van der Waals surface area (Å²) in [6, 6.07) is 10.3. The molecule has 0 atom stereocenters. The second-order valence-corrected chi connectivity index (χ2v) is 4.32. The van der Waals surface area contributed by atoms with Gasteiger partial charge in [0.15, 0.2) is 11.5 Å². The molecule has 0 aromatic heterocycles. The fraction of sp³-hybridized carbons (Fsp3) is 0.133. The smallest absolute Gasteiger partial charge is 0.335 e. The van der Waals surface area contributed by atoms with Crippen molar-refractivity contribution in [3.63, 3.8) is 0 Å². The molecule has 0 radical (unpaired) electrons. The van der Waals surface area contributed by atoms with Gasteiger partial charge in [-0.3, -0.25) is 0 Å². The molecule has 3 rings (SSSR count). The predicted octanol–water partition coefficient (Wildman–Crippen LogP) is 2.79. The molecule has 5 heteroatoms. The van der Waals surface area contributed by atoms with Gasteiger partial charge < -0.3 is 19.3 Å². The van der Waals surface area contributed by atoms with Gasteiger partial charge in [0.25, 0.3) is 0 Å². The number of carbonyl (C=O) groups is 1. The fourth-order valence-corrected chi connectivity index (χ4v) is 2.08. The van der Waals surface area contributed by atoms with Crippen LogP contribution in [0.1, 0.15) is 10.4 Å². The van der Waals surface area contributed by atoms with Gasteiger partial charge in [-0.25, -0.2) is 4.79 Å². The summed E-state index contributed by atoms with van der Waals surface area (Å²) in [5.74, 6) is 0.848. The fourth-order valence-electron chi connectivity index (χ4n) is 2.08. The highest BCUT2D eigenvalue weighted by atomic mass is 16.7. The first-order valence-electron chi connectivity index (χ1n) is 6.00. The maximum atomic E-state index is 11.1. The number of carboxylic acids is 1. The van der Waals surface area contributed by atoms with Crippen LogP contribution < -0.4 is 14.2 Å². The van der Waals surface area contributed by atoms with Crippen LogP contribution >= 0.6 is 0 Å². The van der Waals surface area contributed by atoms with Gasteiger partial charge in [0.2, 0.25) is 6.79 Å². The van der Waals surface area contributed by atoms with Crippen molar-refractivity contribution in [1.29, 1.82) is 0 Å². The SMILES string of the molecule is COc1cc(C(=O)O)cc(-c2ccc3c(c2)OCO3)c1. The number of benzene rings is 2. The molecule has 0 saturated heterocycles. The first-order valence-corrected chi connectivity index (χ1v) is 6.00. The zero-order valence-electron chi connectivity index (χ0n) is 10.8. The van der Waals surface area contributed by atoms with Gasteiger partial charge in [-0.2, -0.15) is 0 Å². The van der Waals surface area contributed by atoms with E-state index in [1.165, 1.54) is 13.2 Å². The van der Waals surface area contributed by atoms with Crippen LogP contribution in [0.3, 0.4) is 0 Å². The Morgan fingerprint density at radius 3 is 2.65 bits per heavy atom. The molecule has 0 unspecified atom stereocenters. The third-order valence-corrected chi connectivity index (χ3v) is 3.10. The average molecular weight is 272 g/mol. The largest absolute Gasteiger partial charge is 0.497 e. The Morgan fingerprint density at radius 1 is 1.10 bits per heavy atom. The Balaban J connectivity index is 2.09. The quantitative estimate of drug-likeness (QED) is 0.930. The molecule has 1 aliphatic heterocycles. The Labute approximate surface area is 115 Å². The number of carboxylic acid groups (broad SMARTS) is 1. The van der Waals surface area contributed by atoms with Crippen molar-refractivity contribution in [2.24, 2.45) is 0 Å². The molecule has 0 bridgehead atoms. The van der Waals surface area contributed by atoms with Gasteiger partial charge in [0, 0.05) is 0 Å². The van der Waals surface area contributed by atoms with Crippen molar-refractivity contribution >= 4 is 5.97 Å². The molecule has 0 fully saturated rings. The van der Waals surface area contributed by atoms with Crippen LogP contribution in [0.4, 0.5) is 0 Å². The zero-order valence-corrected chi connectivity index (χ0v) is 10.8. The van der Waals surface area contributed by atoms with E-state index in [0.717, 1.165) is 11.1 Å². The van der Waals surface area contributed by atoms with Crippen molar-refractivity contribution in [2.45, 2.75) is 0 Å². The molecule has 1 aliphatic rings. The van der Waals surface area contributed by atoms with Crippen molar-refractivity contribution in [3.05, 3.63) is 42.0 Å². The number of hydrogen-bond donors (Lipinski definition) is 1. The molecule has 1 N–H and O–H groups in total. The van der Waals surface area contributed by atoms with Gasteiger partial charge in [-0.05, 0) is 41.5 Å². The summed E-state index contributed by atoms with van der Waals surface area (Å²) in [6.45, 7) is 0.206. The average Bonchev–Trinajstić information content (AvgIpc) is 2.94. The first-order chi connectivity index (χ1) is 9.67. The third kappa shape index (κ3) is 2.14. The summed E-state index contributed by atoms with van der Waals surface area (Å²) >= 11 is 0. The van der Waals surface area contributed by atoms with Crippen LogP contribution in [-0.4, -0.2) is 25.0 Å². The summed E-state index contributed by atoms with van der Waals surface area (Å²) in [4.78, 5) is 11.1. The van der Waals surface area contributed by atoms with E-state index in [-0.39, 0.29) is 12.4 Å². The zero-order chi connectivity index (χ0) is 14.1. The van der Waals surface area contributed by atoms with Crippen LogP contribution in [0.5, 0.6) is 17.2 Å². The predicted molar refractivity (Wildman–Crippen MR) is 71.5 cm³/mol. The van der Waals surface area contributed by atoms with Crippen LogP contribution in [0, 0.1) is 0 Å². The monoisotopic (exact) mass is 272 g/mol. The van der Waals surface area contributed by atoms with Crippen LogP contribution in [0.25, 0.3) is 11.1 Å².